The van der Waals surface area contributed by atoms with Gasteiger partial charge in [0.1, 0.15) is 0 Å². The molecule has 0 aromatic heterocycles. The third-order valence-corrected chi connectivity index (χ3v) is 5.80. The molecule has 150 valence electrons. The van der Waals surface area contributed by atoms with Crippen LogP contribution in [0.15, 0.2) is 72.8 Å². The third kappa shape index (κ3) is 4.60. The van der Waals surface area contributed by atoms with Gasteiger partial charge in [-0.2, -0.15) is 0 Å². The van der Waals surface area contributed by atoms with E-state index < -0.39 is 0 Å². The highest BCUT2D eigenvalue weighted by Gasteiger charge is 2.27. The summed E-state index contributed by atoms with van der Waals surface area (Å²) in [6.45, 7) is 4.11. The molecule has 0 aliphatic carbocycles. The van der Waals surface area contributed by atoms with Crippen molar-refractivity contribution in [3.8, 4) is 0 Å². The first-order valence-electron chi connectivity index (χ1n) is 10.4. The van der Waals surface area contributed by atoms with Gasteiger partial charge in [0.15, 0.2) is 0 Å². The minimum atomic E-state index is -0.0395. The monoisotopic (exact) mass is 388 g/mol. The maximum absolute atomic E-state index is 12.8. The van der Waals surface area contributed by atoms with Gasteiger partial charge in [-0.05, 0) is 47.2 Å². The summed E-state index contributed by atoms with van der Waals surface area (Å²) < 4.78 is 5.70. The van der Waals surface area contributed by atoms with Crippen molar-refractivity contribution < 1.29 is 9.53 Å². The summed E-state index contributed by atoms with van der Waals surface area (Å²) in [5.74, 6) is 0.419. The highest BCUT2D eigenvalue weighted by molar-refractivity contribution is 5.89. The fourth-order valence-electron chi connectivity index (χ4n) is 4.16. The van der Waals surface area contributed by atoms with Crippen molar-refractivity contribution in [1.82, 2.24) is 4.90 Å². The van der Waals surface area contributed by atoms with E-state index in [-0.39, 0.29) is 12.1 Å². The first-order chi connectivity index (χ1) is 14.2. The first-order valence-corrected chi connectivity index (χ1v) is 10.4. The summed E-state index contributed by atoms with van der Waals surface area (Å²) in [6, 6.07) is 24.8. The Hall–Kier alpha value is -2.85. The molecule has 0 radical (unpaired) electrons. The Bertz CT molecular complexity index is 952. The highest BCUT2D eigenvalue weighted by Crippen LogP contribution is 2.30. The number of hydrogen-bond acceptors (Lipinski definition) is 2. The molecular formula is C25H28N2O2. The lowest BCUT2D eigenvalue weighted by Gasteiger charge is -2.36. The van der Waals surface area contributed by atoms with E-state index in [2.05, 4.69) is 54.7 Å². The summed E-state index contributed by atoms with van der Waals surface area (Å²) in [5, 5.41) is 5.62. The number of anilines is 1. The van der Waals surface area contributed by atoms with Gasteiger partial charge in [0, 0.05) is 12.2 Å². The van der Waals surface area contributed by atoms with Crippen LogP contribution < -0.4 is 5.32 Å². The van der Waals surface area contributed by atoms with Gasteiger partial charge < -0.3 is 15.0 Å². The van der Waals surface area contributed by atoms with Crippen molar-refractivity contribution in [2.75, 3.05) is 25.1 Å². The topological polar surface area (TPSA) is 41.6 Å². The fourth-order valence-corrected chi connectivity index (χ4v) is 4.16. The molecule has 2 amide bonds. The average Bonchev–Trinajstić information content (AvgIpc) is 2.78. The van der Waals surface area contributed by atoms with Crippen molar-refractivity contribution in [3.05, 3.63) is 78.4 Å². The molecule has 0 bridgehead atoms. The molecular weight excluding hydrogens is 360 g/mol. The molecule has 0 spiro atoms. The molecule has 3 aromatic carbocycles. The number of carbonyl (C=O) groups excluding carboxylic acids is 1. The number of fused-ring (bicyclic) bond motifs is 1. The molecule has 4 nitrogen and oxygen atoms in total. The molecule has 3 aromatic rings. The summed E-state index contributed by atoms with van der Waals surface area (Å²) in [4.78, 5) is 14.8. The third-order valence-electron chi connectivity index (χ3n) is 5.80. The number of morpholine rings is 1. The molecule has 1 N–H and O–H groups in total. The SMILES string of the molecule is C[C@@H](CCC1COCCN1C(=O)Nc1ccccc1)c1cccc2ccccc12. The van der Waals surface area contributed by atoms with Crippen LogP contribution in [0.25, 0.3) is 10.8 Å². The lowest BCUT2D eigenvalue weighted by atomic mass is 9.90. The van der Waals surface area contributed by atoms with E-state index in [4.69, 9.17) is 4.74 Å². The van der Waals surface area contributed by atoms with Crippen LogP contribution in [0.2, 0.25) is 0 Å². The van der Waals surface area contributed by atoms with Crippen LogP contribution in [-0.2, 0) is 4.74 Å². The number of para-hydroxylation sites is 1. The Kier molecular flexibility index (Phi) is 6.11. The maximum Gasteiger partial charge on any atom is 0.322 e. The second kappa shape index (κ2) is 9.10. The molecule has 1 fully saturated rings. The lowest BCUT2D eigenvalue weighted by Crippen LogP contribution is -2.50. The number of carbonyl (C=O) groups is 1. The van der Waals surface area contributed by atoms with Gasteiger partial charge in [0.05, 0.1) is 19.3 Å². The van der Waals surface area contributed by atoms with E-state index in [0.717, 1.165) is 18.5 Å². The number of urea groups is 1. The summed E-state index contributed by atoms with van der Waals surface area (Å²) in [7, 11) is 0. The number of amides is 2. The second-order valence-corrected chi connectivity index (χ2v) is 7.77. The smallest absolute Gasteiger partial charge is 0.322 e. The van der Waals surface area contributed by atoms with Gasteiger partial charge in [-0.3, -0.25) is 0 Å². The van der Waals surface area contributed by atoms with E-state index in [9.17, 15) is 4.79 Å². The van der Waals surface area contributed by atoms with Crippen molar-refractivity contribution in [3.63, 3.8) is 0 Å². The zero-order valence-electron chi connectivity index (χ0n) is 16.9. The Morgan fingerprint density at radius 2 is 1.83 bits per heavy atom. The molecule has 4 heteroatoms. The Labute approximate surface area is 172 Å². The number of ether oxygens (including phenoxy) is 1. The van der Waals surface area contributed by atoms with Gasteiger partial charge in [-0.15, -0.1) is 0 Å². The number of nitrogens with zero attached hydrogens (tertiary/aromatic N) is 1. The minimum absolute atomic E-state index is 0.0395. The summed E-state index contributed by atoms with van der Waals surface area (Å²) in [6.07, 6.45) is 1.93. The van der Waals surface area contributed by atoms with Crippen molar-refractivity contribution >= 4 is 22.5 Å². The Morgan fingerprint density at radius 3 is 2.69 bits per heavy atom. The van der Waals surface area contributed by atoms with Gasteiger partial charge in [0.2, 0.25) is 0 Å². The van der Waals surface area contributed by atoms with Gasteiger partial charge in [-0.25, -0.2) is 4.79 Å². The van der Waals surface area contributed by atoms with Crippen molar-refractivity contribution in [1.29, 1.82) is 0 Å². The maximum atomic E-state index is 12.8. The van der Waals surface area contributed by atoms with Gasteiger partial charge >= 0.3 is 6.03 Å². The Balaban J connectivity index is 1.42. The number of nitrogens with one attached hydrogen (secondary N) is 1. The van der Waals surface area contributed by atoms with Crippen molar-refractivity contribution in [2.24, 2.45) is 0 Å². The van der Waals surface area contributed by atoms with Crippen LogP contribution in [0.5, 0.6) is 0 Å². The predicted octanol–water partition coefficient (Wildman–Crippen LogP) is 5.66. The van der Waals surface area contributed by atoms with E-state index in [1.807, 2.05) is 35.2 Å². The highest BCUT2D eigenvalue weighted by atomic mass is 16.5. The van der Waals surface area contributed by atoms with E-state index in [1.54, 1.807) is 0 Å². The molecule has 1 unspecified atom stereocenters. The zero-order chi connectivity index (χ0) is 20.1. The molecule has 1 aliphatic rings. The largest absolute Gasteiger partial charge is 0.377 e. The summed E-state index contributed by atoms with van der Waals surface area (Å²) >= 11 is 0. The van der Waals surface area contributed by atoms with Crippen LogP contribution in [0.4, 0.5) is 10.5 Å². The lowest BCUT2D eigenvalue weighted by molar-refractivity contribution is 0.0115. The predicted molar refractivity (Wildman–Crippen MR) is 118 cm³/mol. The molecule has 1 aliphatic heterocycles. The van der Waals surface area contributed by atoms with Crippen LogP contribution in [-0.4, -0.2) is 36.7 Å². The van der Waals surface area contributed by atoms with Crippen LogP contribution in [0, 0.1) is 0 Å². The van der Waals surface area contributed by atoms with Crippen LogP contribution in [0.1, 0.15) is 31.2 Å². The van der Waals surface area contributed by atoms with Gasteiger partial charge in [0.25, 0.3) is 0 Å². The number of rotatable bonds is 5. The standard InChI is InChI=1S/C25H28N2O2/c1-19(23-13-7-9-20-8-5-6-12-24(20)23)14-15-22-18-29-17-16-27(22)25(28)26-21-10-3-2-4-11-21/h2-13,19,22H,14-18H2,1H3,(H,26,28)/t19-,22?/m0/s1. The first kappa shape index (κ1) is 19.5. The van der Waals surface area contributed by atoms with E-state index >= 15 is 0 Å². The molecule has 1 saturated heterocycles. The quantitative estimate of drug-likeness (QED) is 0.613. The molecule has 2 atom stereocenters. The zero-order valence-corrected chi connectivity index (χ0v) is 16.9. The van der Waals surface area contributed by atoms with Crippen LogP contribution in [0.3, 0.4) is 0 Å². The van der Waals surface area contributed by atoms with E-state index in [0.29, 0.717) is 25.7 Å². The second-order valence-electron chi connectivity index (χ2n) is 7.77. The minimum Gasteiger partial charge on any atom is -0.377 e. The average molecular weight is 389 g/mol. The molecule has 1 heterocycles. The summed E-state index contributed by atoms with van der Waals surface area (Å²) in [5.41, 5.74) is 2.20. The molecule has 0 saturated carbocycles. The normalized spacial score (nSPS) is 17.8. The number of benzene rings is 3. The van der Waals surface area contributed by atoms with Crippen LogP contribution >= 0.6 is 0 Å². The van der Waals surface area contributed by atoms with Gasteiger partial charge in [-0.1, -0.05) is 67.6 Å². The molecule has 4 rings (SSSR count). The van der Waals surface area contributed by atoms with Crippen molar-refractivity contribution in [2.45, 2.75) is 31.7 Å². The van der Waals surface area contributed by atoms with E-state index in [1.165, 1.54) is 16.3 Å². The fraction of sp³-hybridized carbons (Fsp3) is 0.320. The number of hydrogen-bond donors (Lipinski definition) is 1. The Morgan fingerprint density at radius 1 is 1.07 bits per heavy atom. The molecule has 29 heavy (non-hydrogen) atoms.